The first-order valence-electron chi connectivity index (χ1n) is 4.47. The fraction of sp³-hybridized carbons (Fsp3) is 0.500. The van der Waals surface area contributed by atoms with Crippen molar-refractivity contribution in [3.8, 4) is 0 Å². The van der Waals surface area contributed by atoms with Crippen molar-refractivity contribution in [3.05, 3.63) is 18.5 Å². The molecule has 0 N–H and O–H groups in total. The SMILES string of the molecule is CCS(=O)(=O)c1ccn(S(=O)(=O)CC)c1. The van der Waals surface area contributed by atoms with Gasteiger partial charge in [0.1, 0.15) is 0 Å². The Kier molecular flexibility index (Phi) is 3.25. The largest absolute Gasteiger partial charge is 0.252 e. The van der Waals surface area contributed by atoms with Gasteiger partial charge in [-0.3, -0.25) is 3.97 Å². The van der Waals surface area contributed by atoms with E-state index >= 15 is 0 Å². The topological polar surface area (TPSA) is 73.2 Å². The number of hydrogen-bond acceptors (Lipinski definition) is 4. The second-order valence-corrected chi connectivity index (χ2v) is 7.42. The van der Waals surface area contributed by atoms with E-state index in [1.54, 1.807) is 0 Å². The summed E-state index contributed by atoms with van der Waals surface area (Å²) in [6.07, 6.45) is 2.39. The molecular formula is C8H13NO4S2. The van der Waals surface area contributed by atoms with Crippen LogP contribution in [0.5, 0.6) is 0 Å². The van der Waals surface area contributed by atoms with Gasteiger partial charge in [-0.25, -0.2) is 16.8 Å². The van der Waals surface area contributed by atoms with Crippen LogP contribution >= 0.6 is 0 Å². The molecule has 0 spiro atoms. The number of sulfone groups is 1. The van der Waals surface area contributed by atoms with Gasteiger partial charge in [0.25, 0.3) is 0 Å². The molecule has 1 aromatic rings. The summed E-state index contributed by atoms with van der Waals surface area (Å²) in [6, 6.07) is 1.30. The minimum atomic E-state index is -3.39. The molecule has 0 aromatic carbocycles. The summed E-state index contributed by atoms with van der Waals surface area (Å²) in [7, 11) is -6.72. The van der Waals surface area contributed by atoms with Gasteiger partial charge in [0.05, 0.1) is 16.4 Å². The lowest BCUT2D eigenvalue weighted by molar-refractivity contribution is 0.588. The first-order valence-corrected chi connectivity index (χ1v) is 7.73. The number of aromatic nitrogens is 1. The highest BCUT2D eigenvalue weighted by atomic mass is 32.2. The second kappa shape index (κ2) is 3.97. The highest BCUT2D eigenvalue weighted by molar-refractivity contribution is 7.91. The van der Waals surface area contributed by atoms with Crippen molar-refractivity contribution in [1.82, 2.24) is 3.97 Å². The monoisotopic (exact) mass is 251 g/mol. The van der Waals surface area contributed by atoms with E-state index in [1.165, 1.54) is 26.1 Å². The molecule has 0 fully saturated rings. The van der Waals surface area contributed by atoms with Crippen LogP contribution in [0, 0.1) is 0 Å². The van der Waals surface area contributed by atoms with Gasteiger partial charge in [0, 0.05) is 12.4 Å². The Balaban J connectivity index is 3.23. The third-order valence-corrected chi connectivity index (χ3v) is 5.38. The summed E-state index contributed by atoms with van der Waals surface area (Å²) in [6.45, 7) is 3.02. The third-order valence-electron chi connectivity index (χ3n) is 2.07. The van der Waals surface area contributed by atoms with E-state index in [0.29, 0.717) is 0 Å². The Bertz CT molecular complexity index is 490. The Morgan fingerprint density at radius 3 is 2.20 bits per heavy atom. The minimum absolute atomic E-state index is 0.0385. The average molecular weight is 251 g/mol. The smallest absolute Gasteiger partial charge is 0.238 e. The predicted octanol–water partition coefficient (Wildman–Crippen LogP) is 0.479. The zero-order valence-corrected chi connectivity index (χ0v) is 10.2. The molecule has 7 heteroatoms. The van der Waals surface area contributed by atoms with Crippen molar-refractivity contribution in [1.29, 1.82) is 0 Å². The van der Waals surface area contributed by atoms with E-state index in [0.717, 1.165) is 10.2 Å². The molecule has 0 aliphatic carbocycles. The van der Waals surface area contributed by atoms with Crippen molar-refractivity contribution in [2.75, 3.05) is 11.5 Å². The normalized spacial score (nSPS) is 12.9. The standard InChI is InChI=1S/C8H13NO4S2/c1-3-14(10,11)8-5-6-9(7-8)15(12,13)4-2/h5-7H,3-4H2,1-2H3. The molecule has 1 aromatic heterocycles. The molecule has 1 rings (SSSR count). The molecule has 5 nitrogen and oxygen atoms in total. The highest BCUT2D eigenvalue weighted by Crippen LogP contribution is 2.13. The van der Waals surface area contributed by atoms with Crippen LogP contribution in [0.15, 0.2) is 23.4 Å². The zero-order valence-electron chi connectivity index (χ0n) is 8.54. The van der Waals surface area contributed by atoms with Gasteiger partial charge in [-0.05, 0) is 13.0 Å². The summed E-state index contributed by atoms with van der Waals surface area (Å²) in [4.78, 5) is 0.0435. The van der Waals surface area contributed by atoms with E-state index in [2.05, 4.69) is 0 Å². The molecule has 0 atom stereocenters. The van der Waals surface area contributed by atoms with E-state index in [4.69, 9.17) is 0 Å². The zero-order chi connectivity index (χ0) is 11.7. The molecule has 15 heavy (non-hydrogen) atoms. The summed E-state index contributed by atoms with van der Waals surface area (Å²) >= 11 is 0. The molecule has 0 radical (unpaired) electrons. The maximum Gasteiger partial charge on any atom is 0.238 e. The molecule has 0 saturated carbocycles. The molecule has 0 unspecified atom stereocenters. The van der Waals surface area contributed by atoms with Crippen molar-refractivity contribution in [2.24, 2.45) is 0 Å². The van der Waals surface area contributed by atoms with Crippen LogP contribution in [0.25, 0.3) is 0 Å². The average Bonchev–Trinajstić information content (AvgIpc) is 2.67. The number of rotatable bonds is 4. The van der Waals surface area contributed by atoms with Gasteiger partial charge in [0.2, 0.25) is 10.0 Å². The van der Waals surface area contributed by atoms with Crippen LogP contribution in [-0.2, 0) is 19.9 Å². The summed E-state index contributed by atoms with van der Waals surface area (Å²) in [5, 5.41) is 0. The van der Waals surface area contributed by atoms with Gasteiger partial charge in [0.15, 0.2) is 9.84 Å². The number of hydrogen-bond donors (Lipinski definition) is 0. The Hall–Kier alpha value is -0.820. The third kappa shape index (κ3) is 2.40. The summed E-state index contributed by atoms with van der Waals surface area (Å²) in [5.74, 6) is -0.101. The molecule has 0 aliphatic heterocycles. The van der Waals surface area contributed by atoms with E-state index in [1.807, 2.05) is 0 Å². The summed E-state index contributed by atoms with van der Waals surface area (Å²) < 4.78 is 46.6. The lowest BCUT2D eigenvalue weighted by Crippen LogP contribution is -2.12. The Morgan fingerprint density at radius 2 is 1.73 bits per heavy atom. The summed E-state index contributed by atoms with van der Waals surface area (Å²) in [5.41, 5.74) is 0. The van der Waals surface area contributed by atoms with E-state index in [-0.39, 0.29) is 16.4 Å². The van der Waals surface area contributed by atoms with E-state index in [9.17, 15) is 16.8 Å². The van der Waals surface area contributed by atoms with Crippen LogP contribution in [0.1, 0.15) is 13.8 Å². The van der Waals surface area contributed by atoms with Crippen LogP contribution in [-0.4, -0.2) is 32.3 Å². The van der Waals surface area contributed by atoms with E-state index < -0.39 is 19.9 Å². The molecule has 0 bridgehead atoms. The minimum Gasteiger partial charge on any atom is -0.252 e. The molecule has 0 amide bonds. The lowest BCUT2D eigenvalue weighted by Gasteiger charge is -2.00. The van der Waals surface area contributed by atoms with Crippen LogP contribution in [0.4, 0.5) is 0 Å². The van der Waals surface area contributed by atoms with Gasteiger partial charge in [-0.1, -0.05) is 6.92 Å². The fourth-order valence-electron chi connectivity index (χ4n) is 1.03. The number of nitrogens with zero attached hydrogens (tertiary/aromatic N) is 1. The lowest BCUT2D eigenvalue weighted by atomic mass is 10.7. The predicted molar refractivity (Wildman–Crippen MR) is 57.0 cm³/mol. The van der Waals surface area contributed by atoms with Gasteiger partial charge >= 0.3 is 0 Å². The maximum absolute atomic E-state index is 11.4. The Morgan fingerprint density at radius 1 is 1.13 bits per heavy atom. The van der Waals surface area contributed by atoms with Gasteiger partial charge in [-0.2, -0.15) is 0 Å². The molecule has 86 valence electrons. The Labute approximate surface area is 89.7 Å². The quantitative estimate of drug-likeness (QED) is 0.780. The highest BCUT2D eigenvalue weighted by Gasteiger charge is 2.16. The maximum atomic E-state index is 11.4. The molecular weight excluding hydrogens is 238 g/mol. The van der Waals surface area contributed by atoms with Gasteiger partial charge in [-0.15, -0.1) is 0 Å². The first kappa shape index (κ1) is 12.3. The van der Waals surface area contributed by atoms with Crippen molar-refractivity contribution >= 4 is 19.9 Å². The van der Waals surface area contributed by atoms with Crippen LogP contribution in [0.2, 0.25) is 0 Å². The molecule has 0 saturated heterocycles. The molecule has 1 heterocycles. The first-order chi connectivity index (χ1) is 6.83. The van der Waals surface area contributed by atoms with Crippen molar-refractivity contribution < 1.29 is 16.8 Å². The van der Waals surface area contributed by atoms with Crippen LogP contribution in [0.3, 0.4) is 0 Å². The second-order valence-electron chi connectivity index (χ2n) is 2.98. The van der Waals surface area contributed by atoms with Crippen molar-refractivity contribution in [2.45, 2.75) is 18.7 Å². The van der Waals surface area contributed by atoms with Gasteiger partial charge < -0.3 is 0 Å². The van der Waals surface area contributed by atoms with Crippen molar-refractivity contribution in [3.63, 3.8) is 0 Å². The molecule has 0 aliphatic rings. The van der Waals surface area contributed by atoms with Crippen LogP contribution < -0.4 is 0 Å². The fourth-order valence-corrected chi connectivity index (χ4v) is 2.79.